The standard InChI is InChI=1S/C25H24N2O5/c1-3-13-27-23(29)19-12-11-17(14-20(19)24(27)30)25(31)32-15(2)22(28)26-21-10-6-8-16-7-4-5-9-18(16)21/h3-5,7,9,11-12,14-15,21H,1,6,8,10,13H2,2H3,(H,26,28). The topological polar surface area (TPSA) is 92.8 Å². The van der Waals surface area contributed by atoms with E-state index in [1.165, 1.54) is 36.8 Å². The maximum atomic E-state index is 12.7. The van der Waals surface area contributed by atoms with Crippen molar-refractivity contribution in [1.29, 1.82) is 0 Å². The van der Waals surface area contributed by atoms with Gasteiger partial charge in [-0.15, -0.1) is 6.58 Å². The van der Waals surface area contributed by atoms with Gasteiger partial charge in [0.25, 0.3) is 17.7 Å². The lowest BCUT2D eigenvalue weighted by Gasteiger charge is -2.27. The molecule has 0 spiro atoms. The largest absolute Gasteiger partial charge is 0.449 e. The average molecular weight is 432 g/mol. The lowest BCUT2D eigenvalue weighted by Crippen LogP contribution is -2.39. The number of amides is 3. The molecule has 2 atom stereocenters. The number of esters is 1. The molecule has 2 aromatic rings. The van der Waals surface area contributed by atoms with Crippen LogP contribution >= 0.6 is 0 Å². The second-order valence-corrected chi connectivity index (χ2v) is 7.97. The number of fused-ring (bicyclic) bond motifs is 2. The van der Waals surface area contributed by atoms with Gasteiger partial charge in [-0.1, -0.05) is 30.3 Å². The predicted octanol–water partition coefficient (Wildman–Crippen LogP) is 3.21. The number of hydrogen-bond acceptors (Lipinski definition) is 5. The average Bonchev–Trinajstić information content (AvgIpc) is 3.04. The third-order valence-corrected chi connectivity index (χ3v) is 5.86. The van der Waals surface area contributed by atoms with Crippen molar-refractivity contribution in [3.63, 3.8) is 0 Å². The molecule has 1 aliphatic heterocycles. The van der Waals surface area contributed by atoms with Crippen LogP contribution in [0.25, 0.3) is 0 Å². The van der Waals surface area contributed by atoms with E-state index >= 15 is 0 Å². The fraction of sp³-hybridized carbons (Fsp3) is 0.280. The van der Waals surface area contributed by atoms with E-state index in [2.05, 4.69) is 18.0 Å². The lowest BCUT2D eigenvalue weighted by molar-refractivity contribution is -0.130. The summed E-state index contributed by atoms with van der Waals surface area (Å²) in [7, 11) is 0. The molecule has 0 aromatic heterocycles. The number of imide groups is 1. The highest BCUT2D eigenvalue weighted by Crippen LogP contribution is 2.29. The smallest absolute Gasteiger partial charge is 0.338 e. The number of nitrogens with zero attached hydrogens (tertiary/aromatic N) is 1. The van der Waals surface area contributed by atoms with Crippen LogP contribution in [-0.4, -0.2) is 41.2 Å². The van der Waals surface area contributed by atoms with Gasteiger partial charge in [-0.05, 0) is 55.5 Å². The van der Waals surface area contributed by atoms with Gasteiger partial charge in [0.1, 0.15) is 0 Å². The van der Waals surface area contributed by atoms with Crippen molar-refractivity contribution in [3.8, 4) is 0 Å². The summed E-state index contributed by atoms with van der Waals surface area (Å²) in [6.45, 7) is 5.15. The van der Waals surface area contributed by atoms with Gasteiger partial charge in [0.05, 0.1) is 22.7 Å². The third-order valence-electron chi connectivity index (χ3n) is 5.86. The van der Waals surface area contributed by atoms with Crippen molar-refractivity contribution in [1.82, 2.24) is 10.2 Å². The van der Waals surface area contributed by atoms with E-state index in [9.17, 15) is 19.2 Å². The normalized spacial score (nSPS) is 17.9. The summed E-state index contributed by atoms with van der Waals surface area (Å²) in [6.07, 6.45) is 3.23. The molecule has 1 aliphatic carbocycles. The number of nitrogens with one attached hydrogen (secondary N) is 1. The second kappa shape index (κ2) is 8.78. The van der Waals surface area contributed by atoms with Crippen molar-refractivity contribution >= 4 is 23.7 Å². The van der Waals surface area contributed by atoms with Gasteiger partial charge in [-0.3, -0.25) is 19.3 Å². The molecule has 164 valence electrons. The van der Waals surface area contributed by atoms with Crippen LogP contribution in [0.1, 0.15) is 68.0 Å². The zero-order chi connectivity index (χ0) is 22.8. The zero-order valence-corrected chi connectivity index (χ0v) is 17.8. The molecule has 2 unspecified atom stereocenters. The van der Waals surface area contributed by atoms with Gasteiger partial charge in [-0.25, -0.2) is 4.79 Å². The molecule has 7 nitrogen and oxygen atoms in total. The zero-order valence-electron chi connectivity index (χ0n) is 17.8. The number of carbonyl (C=O) groups is 4. The van der Waals surface area contributed by atoms with Crippen LogP contribution in [0.3, 0.4) is 0 Å². The number of aryl methyl sites for hydroxylation is 1. The first-order valence-electron chi connectivity index (χ1n) is 10.6. The fourth-order valence-electron chi connectivity index (χ4n) is 4.19. The first-order valence-corrected chi connectivity index (χ1v) is 10.6. The second-order valence-electron chi connectivity index (χ2n) is 7.97. The Morgan fingerprint density at radius 3 is 2.72 bits per heavy atom. The third kappa shape index (κ3) is 3.93. The van der Waals surface area contributed by atoms with Crippen LogP contribution in [0.5, 0.6) is 0 Å². The number of carbonyl (C=O) groups excluding carboxylic acids is 4. The van der Waals surface area contributed by atoms with Crippen LogP contribution in [0, 0.1) is 0 Å². The number of rotatable bonds is 6. The van der Waals surface area contributed by atoms with Gasteiger partial charge in [-0.2, -0.15) is 0 Å². The van der Waals surface area contributed by atoms with Crippen molar-refractivity contribution in [2.24, 2.45) is 0 Å². The molecule has 0 saturated carbocycles. The minimum atomic E-state index is -1.01. The molecule has 0 bridgehead atoms. The molecule has 1 heterocycles. The maximum Gasteiger partial charge on any atom is 0.338 e. The Morgan fingerprint density at radius 1 is 1.19 bits per heavy atom. The van der Waals surface area contributed by atoms with E-state index in [1.807, 2.05) is 18.2 Å². The molecule has 1 N–H and O–H groups in total. The number of benzene rings is 2. The van der Waals surface area contributed by atoms with Gasteiger partial charge in [0.2, 0.25) is 0 Å². The summed E-state index contributed by atoms with van der Waals surface area (Å²) in [5, 5.41) is 2.98. The minimum absolute atomic E-state index is 0.0909. The summed E-state index contributed by atoms with van der Waals surface area (Å²) in [5.74, 6) is -2.03. The highest BCUT2D eigenvalue weighted by Gasteiger charge is 2.35. The molecule has 0 fully saturated rings. The van der Waals surface area contributed by atoms with E-state index in [4.69, 9.17) is 4.74 Å². The summed E-state index contributed by atoms with van der Waals surface area (Å²) in [6, 6.07) is 12.1. The molecular weight excluding hydrogens is 408 g/mol. The highest BCUT2D eigenvalue weighted by atomic mass is 16.5. The van der Waals surface area contributed by atoms with E-state index in [1.54, 1.807) is 0 Å². The van der Waals surface area contributed by atoms with Crippen molar-refractivity contribution in [2.45, 2.75) is 38.3 Å². The molecule has 2 aromatic carbocycles. The predicted molar refractivity (Wildman–Crippen MR) is 117 cm³/mol. The summed E-state index contributed by atoms with van der Waals surface area (Å²) in [5.41, 5.74) is 2.79. The van der Waals surface area contributed by atoms with Gasteiger partial charge in [0, 0.05) is 6.54 Å². The molecule has 3 amide bonds. The molecule has 7 heteroatoms. The Morgan fingerprint density at radius 2 is 1.94 bits per heavy atom. The SMILES string of the molecule is C=CCN1C(=O)c2ccc(C(=O)OC(C)C(=O)NC3CCCc4ccccc43)cc2C1=O. The van der Waals surface area contributed by atoms with Crippen LogP contribution < -0.4 is 5.32 Å². The van der Waals surface area contributed by atoms with Crippen LogP contribution in [0.2, 0.25) is 0 Å². The van der Waals surface area contributed by atoms with Crippen molar-refractivity contribution in [3.05, 3.63) is 82.9 Å². The Balaban J connectivity index is 1.43. The lowest BCUT2D eigenvalue weighted by atomic mass is 9.87. The first-order chi connectivity index (χ1) is 15.4. The molecule has 2 aliphatic rings. The first kappa shape index (κ1) is 21.5. The van der Waals surface area contributed by atoms with E-state index < -0.39 is 23.9 Å². The summed E-state index contributed by atoms with van der Waals surface area (Å²) < 4.78 is 5.35. The van der Waals surface area contributed by atoms with Crippen LogP contribution in [0.4, 0.5) is 0 Å². The molecule has 32 heavy (non-hydrogen) atoms. The number of hydrogen-bond donors (Lipinski definition) is 1. The monoisotopic (exact) mass is 432 g/mol. The Kier molecular flexibility index (Phi) is 5.90. The fourth-order valence-corrected chi connectivity index (χ4v) is 4.19. The van der Waals surface area contributed by atoms with Gasteiger partial charge < -0.3 is 10.1 Å². The van der Waals surface area contributed by atoms with Gasteiger partial charge >= 0.3 is 5.97 Å². The quantitative estimate of drug-likeness (QED) is 0.430. The Bertz CT molecular complexity index is 1120. The Hall–Kier alpha value is -3.74. The van der Waals surface area contributed by atoms with Crippen molar-refractivity contribution < 1.29 is 23.9 Å². The van der Waals surface area contributed by atoms with Crippen LogP contribution in [0.15, 0.2) is 55.1 Å². The van der Waals surface area contributed by atoms with Crippen LogP contribution in [-0.2, 0) is 16.0 Å². The number of ether oxygens (including phenoxy) is 1. The molecule has 0 radical (unpaired) electrons. The molecule has 0 saturated heterocycles. The minimum Gasteiger partial charge on any atom is -0.449 e. The Labute approximate surface area is 186 Å². The molecular formula is C25H24N2O5. The molecule has 4 rings (SSSR count). The van der Waals surface area contributed by atoms with E-state index in [0.717, 1.165) is 29.7 Å². The van der Waals surface area contributed by atoms with Crippen molar-refractivity contribution in [2.75, 3.05) is 6.54 Å². The highest BCUT2D eigenvalue weighted by molar-refractivity contribution is 6.22. The van der Waals surface area contributed by atoms with E-state index in [0.29, 0.717) is 0 Å². The summed E-state index contributed by atoms with van der Waals surface area (Å²) >= 11 is 0. The summed E-state index contributed by atoms with van der Waals surface area (Å²) in [4.78, 5) is 51.1. The maximum absolute atomic E-state index is 12.7. The van der Waals surface area contributed by atoms with E-state index in [-0.39, 0.29) is 35.2 Å². The van der Waals surface area contributed by atoms with Gasteiger partial charge in [0.15, 0.2) is 6.10 Å².